The van der Waals surface area contributed by atoms with E-state index in [1.54, 1.807) is 4.90 Å². The van der Waals surface area contributed by atoms with Crippen molar-refractivity contribution in [3.8, 4) is 0 Å². The maximum Gasteiger partial charge on any atom is 0.317 e. The molecule has 0 saturated heterocycles. The highest BCUT2D eigenvalue weighted by molar-refractivity contribution is 5.80. The molecule has 5 heteroatoms. The van der Waals surface area contributed by atoms with Crippen LogP contribution >= 0.6 is 0 Å². The number of rotatable bonds is 6. The van der Waals surface area contributed by atoms with E-state index in [0.717, 1.165) is 35.7 Å². The summed E-state index contributed by atoms with van der Waals surface area (Å²) in [7, 11) is 0. The highest BCUT2D eigenvalue weighted by atomic mass is 16.2. The fraction of sp³-hybridized carbons (Fsp3) is 0.385. The molecule has 1 fully saturated rings. The van der Waals surface area contributed by atoms with Crippen LogP contribution in [0.4, 0.5) is 4.79 Å². The number of fused-ring (bicyclic) bond motifs is 1. The normalized spacial score (nSPS) is 14.5. The summed E-state index contributed by atoms with van der Waals surface area (Å²) in [5.41, 5.74) is 3.60. The van der Waals surface area contributed by atoms with Crippen LogP contribution in [0.1, 0.15) is 48.8 Å². The number of aromatic nitrogens is 1. The molecular weight excluding hydrogens is 386 g/mol. The van der Waals surface area contributed by atoms with Crippen LogP contribution in [0.15, 0.2) is 59.4 Å². The molecule has 2 N–H and O–H groups in total. The van der Waals surface area contributed by atoms with Crippen LogP contribution in [0.3, 0.4) is 0 Å². The fourth-order valence-electron chi connectivity index (χ4n) is 4.36. The van der Waals surface area contributed by atoms with E-state index < -0.39 is 0 Å². The van der Waals surface area contributed by atoms with E-state index in [4.69, 9.17) is 0 Å². The second kappa shape index (κ2) is 9.82. The van der Waals surface area contributed by atoms with Crippen molar-refractivity contribution >= 4 is 16.9 Å². The molecule has 1 aliphatic carbocycles. The van der Waals surface area contributed by atoms with Gasteiger partial charge in [0.1, 0.15) is 0 Å². The number of aromatic amines is 1. The lowest BCUT2D eigenvalue weighted by Gasteiger charge is -2.28. The smallest absolute Gasteiger partial charge is 0.317 e. The van der Waals surface area contributed by atoms with Crippen LogP contribution in [-0.4, -0.2) is 28.5 Å². The summed E-state index contributed by atoms with van der Waals surface area (Å²) < 4.78 is 0. The molecule has 0 spiro atoms. The van der Waals surface area contributed by atoms with Crippen molar-refractivity contribution in [3.63, 3.8) is 0 Å². The Morgan fingerprint density at radius 2 is 1.84 bits per heavy atom. The van der Waals surface area contributed by atoms with Crippen LogP contribution in [0.25, 0.3) is 10.9 Å². The molecule has 2 amide bonds. The molecule has 2 aromatic carbocycles. The van der Waals surface area contributed by atoms with E-state index in [0.29, 0.717) is 18.7 Å². The van der Waals surface area contributed by atoms with Crippen molar-refractivity contribution in [1.29, 1.82) is 0 Å². The predicted molar refractivity (Wildman–Crippen MR) is 125 cm³/mol. The molecule has 1 aliphatic rings. The first-order chi connectivity index (χ1) is 15.1. The SMILES string of the molecule is Cc1ccc2cc(CN(CCc3ccccc3)C(=O)NC3CCCCC3)c(=O)[nH]c2c1. The van der Waals surface area contributed by atoms with Crippen molar-refractivity contribution in [2.24, 2.45) is 0 Å². The molecule has 1 saturated carbocycles. The summed E-state index contributed by atoms with van der Waals surface area (Å²) in [5, 5.41) is 4.20. The van der Waals surface area contributed by atoms with Gasteiger partial charge in [-0.2, -0.15) is 0 Å². The number of urea groups is 1. The standard InChI is InChI=1S/C26H31N3O2/c1-19-12-13-21-17-22(25(30)28-24(21)16-19)18-29(15-14-20-8-4-2-5-9-20)26(31)27-23-10-6-3-7-11-23/h2,4-5,8-9,12-13,16-17,23H,3,6-7,10-11,14-15,18H2,1H3,(H,27,31)(H,28,30). The number of benzene rings is 2. The Bertz CT molecular complexity index is 1080. The number of aryl methyl sites for hydroxylation is 1. The molecular formula is C26H31N3O2. The number of H-pyrrole nitrogens is 1. The van der Waals surface area contributed by atoms with E-state index in [9.17, 15) is 9.59 Å². The van der Waals surface area contributed by atoms with Gasteiger partial charge in [0.25, 0.3) is 5.56 Å². The molecule has 162 valence electrons. The zero-order valence-corrected chi connectivity index (χ0v) is 18.2. The highest BCUT2D eigenvalue weighted by Crippen LogP contribution is 2.18. The van der Waals surface area contributed by atoms with Gasteiger partial charge < -0.3 is 15.2 Å². The number of carbonyl (C=O) groups excluding carboxylic acids is 1. The van der Waals surface area contributed by atoms with Crippen LogP contribution < -0.4 is 10.9 Å². The van der Waals surface area contributed by atoms with Crippen LogP contribution in [0, 0.1) is 6.92 Å². The van der Waals surface area contributed by atoms with Crippen molar-refractivity contribution < 1.29 is 4.79 Å². The average Bonchev–Trinajstić information content (AvgIpc) is 2.78. The molecule has 0 bridgehead atoms. The van der Waals surface area contributed by atoms with E-state index in [1.807, 2.05) is 49.4 Å². The minimum atomic E-state index is -0.131. The predicted octanol–water partition coefficient (Wildman–Crippen LogP) is 4.92. The maximum absolute atomic E-state index is 13.2. The lowest BCUT2D eigenvalue weighted by Crippen LogP contribution is -2.46. The summed E-state index contributed by atoms with van der Waals surface area (Å²) in [5.74, 6) is 0. The van der Waals surface area contributed by atoms with Gasteiger partial charge in [-0.25, -0.2) is 4.79 Å². The van der Waals surface area contributed by atoms with Crippen LogP contribution in [0.2, 0.25) is 0 Å². The Kier molecular flexibility index (Phi) is 6.70. The summed E-state index contributed by atoms with van der Waals surface area (Å²) in [4.78, 5) is 30.7. The largest absolute Gasteiger partial charge is 0.335 e. The second-order valence-corrected chi connectivity index (χ2v) is 8.66. The van der Waals surface area contributed by atoms with Gasteiger partial charge in [0.2, 0.25) is 0 Å². The number of nitrogens with zero attached hydrogens (tertiary/aromatic N) is 1. The van der Waals surface area contributed by atoms with Crippen LogP contribution in [-0.2, 0) is 13.0 Å². The molecule has 4 rings (SSSR count). The lowest BCUT2D eigenvalue weighted by atomic mass is 9.96. The minimum absolute atomic E-state index is 0.0776. The van der Waals surface area contributed by atoms with Gasteiger partial charge >= 0.3 is 6.03 Å². The first kappa shape index (κ1) is 21.2. The number of hydrogen-bond donors (Lipinski definition) is 2. The quantitative estimate of drug-likeness (QED) is 0.598. The average molecular weight is 418 g/mol. The molecule has 1 aromatic heterocycles. The van der Waals surface area contributed by atoms with Crippen LogP contribution in [0.5, 0.6) is 0 Å². The van der Waals surface area contributed by atoms with E-state index in [-0.39, 0.29) is 17.6 Å². The lowest BCUT2D eigenvalue weighted by molar-refractivity contribution is 0.187. The maximum atomic E-state index is 13.2. The molecule has 5 nitrogen and oxygen atoms in total. The molecule has 0 unspecified atom stereocenters. The third-order valence-corrected chi connectivity index (χ3v) is 6.17. The zero-order chi connectivity index (χ0) is 21.6. The topological polar surface area (TPSA) is 65.2 Å². The minimum Gasteiger partial charge on any atom is -0.335 e. The second-order valence-electron chi connectivity index (χ2n) is 8.66. The van der Waals surface area contributed by atoms with Crippen molar-refractivity contribution in [3.05, 3.63) is 81.6 Å². The van der Waals surface area contributed by atoms with E-state index in [1.165, 1.54) is 24.8 Å². The third-order valence-electron chi connectivity index (χ3n) is 6.17. The highest BCUT2D eigenvalue weighted by Gasteiger charge is 2.21. The van der Waals surface area contributed by atoms with Gasteiger partial charge in [-0.15, -0.1) is 0 Å². The Hall–Kier alpha value is -3.08. The Morgan fingerprint density at radius 1 is 1.06 bits per heavy atom. The summed E-state index contributed by atoms with van der Waals surface area (Å²) >= 11 is 0. The van der Waals surface area contributed by atoms with E-state index in [2.05, 4.69) is 22.4 Å². The third kappa shape index (κ3) is 5.54. The molecule has 31 heavy (non-hydrogen) atoms. The van der Waals surface area contributed by atoms with Crippen molar-refractivity contribution in [1.82, 2.24) is 15.2 Å². The molecule has 3 aromatic rings. The molecule has 0 radical (unpaired) electrons. The van der Waals surface area contributed by atoms with E-state index >= 15 is 0 Å². The van der Waals surface area contributed by atoms with Gasteiger partial charge in [0.05, 0.1) is 6.54 Å². The number of pyridine rings is 1. The monoisotopic (exact) mass is 417 g/mol. The number of hydrogen-bond acceptors (Lipinski definition) is 2. The van der Waals surface area contributed by atoms with Crippen molar-refractivity contribution in [2.45, 2.75) is 58.0 Å². The Morgan fingerprint density at radius 3 is 2.61 bits per heavy atom. The Balaban J connectivity index is 1.54. The summed E-state index contributed by atoms with van der Waals surface area (Å²) in [6, 6.07) is 18.3. The summed E-state index contributed by atoms with van der Waals surface area (Å²) in [6.45, 7) is 2.87. The Labute approximate surface area is 183 Å². The zero-order valence-electron chi connectivity index (χ0n) is 18.2. The summed E-state index contributed by atoms with van der Waals surface area (Å²) in [6.07, 6.45) is 6.40. The molecule has 1 heterocycles. The van der Waals surface area contributed by atoms with Gasteiger partial charge in [0, 0.05) is 23.7 Å². The van der Waals surface area contributed by atoms with Gasteiger partial charge in [0.15, 0.2) is 0 Å². The van der Waals surface area contributed by atoms with Gasteiger partial charge in [-0.3, -0.25) is 4.79 Å². The first-order valence-corrected chi connectivity index (χ1v) is 11.3. The fourth-order valence-corrected chi connectivity index (χ4v) is 4.36. The number of nitrogens with one attached hydrogen (secondary N) is 2. The van der Waals surface area contributed by atoms with Gasteiger partial charge in [-0.05, 0) is 54.8 Å². The first-order valence-electron chi connectivity index (χ1n) is 11.3. The molecule has 0 atom stereocenters. The van der Waals surface area contributed by atoms with Gasteiger partial charge in [-0.1, -0.05) is 61.7 Å². The van der Waals surface area contributed by atoms with Crippen molar-refractivity contribution in [2.75, 3.05) is 6.54 Å². The number of carbonyl (C=O) groups is 1. The molecule has 0 aliphatic heterocycles. The number of amides is 2.